The van der Waals surface area contributed by atoms with E-state index >= 15 is 0 Å². The van der Waals surface area contributed by atoms with Crippen molar-refractivity contribution in [3.05, 3.63) is 46.6 Å². The number of halogens is 2. The van der Waals surface area contributed by atoms with Crippen LogP contribution in [0.25, 0.3) is 0 Å². The van der Waals surface area contributed by atoms with E-state index in [2.05, 4.69) is 52.9 Å². The fourth-order valence-electron chi connectivity index (χ4n) is 2.63. The number of nitrogens with zero attached hydrogens (tertiary/aromatic N) is 4. The van der Waals surface area contributed by atoms with Crippen LogP contribution >= 0.6 is 39.9 Å². The Bertz CT molecular complexity index is 669. The maximum atomic E-state index is 5.55. The molecule has 1 atom stereocenters. The zero-order valence-electron chi connectivity index (χ0n) is 15.4. The lowest BCUT2D eigenvalue weighted by Crippen LogP contribution is -2.42. The fourth-order valence-corrected chi connectivity index (χ4v) is 3.20. The molecule has 2 heterocycles. The van der Waals surface area contributed by atoms with Gasteiger partial charge in [0, 0.05) is 44.1 Å². The van der Waals surface area contributed by atoms with E-state index in [4.69, 9.17) is 4.42 Å². The van der Waals surface area contributed by atoms with E-state index < -0.39 is 0 Å². The molecule has 6 nitrogen and oxygen atoms in total. The number of likely N-dealkylation sites (N-methyl/N-ethyl adjacent to an activating group) is 1. The highest BCUT2D eigenvalue weighted by Gasteiger charge is 2.18. The number of guanidine groups is 1. The van der Waals surface area contributed by atoms with Gasteiger partial charge >= 0.3 is 0 Å². The van der Waals surface area contributed by atoms with E-state index in [-0.39, 0.29) is 30.0 Å². The molecule has 0 bridgehead atoms. The molecule has 0 radical (unpaired) electrons. The van der Waals surface area contributed by atoms with Gasteiger partial charge in [-0.15, -0.1) is 24.0 Å². The van der Waals surface area contributed by atoms with Crippen LogP contribution in [0, 0.1) is 0 Å². The summed E-state index contributed by atoms with van der Waals surface area (Å²) in [5.41, 5.74) is 1.21. The zero-order valence-corrected chi connectivity index (χ0v) is 19.3. The molecule has 0 aliphatic heterocycles. The number of aliphatic imine (C=N–C) groups is 1. The Morgan fingerprint density at radius 3 is 2.60 bits per heavy atom. The quantitative estimate of drug-likeness (QED) is 0.358. The molecule has 0 fully saturated rings. The van der Waals surface area contributed by atoms with Gasteiger partial charge in [-0.1, -0.05) is 0 Å². The highest BCUT2D eigenvalue weighted by atomic mass is 127. The van der Waals surface area contributed by atoms with Crippen molar-refractivity contribution in [2.24, 2.45) is 12.0 Å². The summed E-state index contributed by atoms with van der Waals surface area (Å²) in [5.74, 6) is 1.79. The number of rotatable bonds is 6. The van der Waals surface area contributed by atoms with Crippen LogP contribution < -0.4 is 5.32 Å². The maximum Gasteiger partial charge on any atom is 0.193 e. The van der Waals surface area contributed by atoms with E-state index in [1.807, 2.05) is 40.3 Å². The molecule has 140 valence electrons. The number of hydrogen-bond acceptors (Lipinski definition) is 3. The average Bonchev–Trinajstić information content (AvgIpc) is 3.13. The maximum absolute atomic E-state index is 5.55. The van der Waals surface area contributed by atoms with Gasteiger partial charge in [-0.05, 0) is 48.2 Å². The lowest BCUT2D eigenvalue weighted by atomic mass is 10.2. The summed E-state index contributed by atoms with van der Waals surface area (Å²) >= 11 is 3.51. The molecule has 0 spiro atoms. The predicted octanol–water partition coefficient (Wildman–Crippen LogP) is 3.31. The Hall–Kier alpha value is -1.000. The molecule has 0 aromatic carbocycles. The fraction of sp³-hybridized carbons (Fsp3) is 0.471. The second kappa shape index (κ2) is 10.2. The third kappa shape index (κ3) is 6.03. The van der Waals surface area contributed by atoms with Crippen molar-refractivity contribution >= 4 is 45.9 Å². The molecule has 0 aliphatic carbocycles. The van der Waals surface area contributed by atoms with Gasteiger partial charge in [0.25, 0.3) is 0 Å². The first kappa shape index (κ1) is 22.0. The largest absolute Gasteiger partial charge is 0.468 e. The molecule has 0 amide bonds. The van der Waals surface area contributed by atoms with E-state index in [1.54, 1.807) is 13.3 Å². The molecule has 25 heavy (non-hydrogen) atoms. The molecule has 0 saturated carbocycles. The smallest absolute Gasteiger partial charge is 0.193 e. The van der Waals surface area contributed by atoms with E-state index in [0.29, 0.717) is 6.54 Å². The lowest BCUT2D eigenvalue weighted by molar-refractivity contribution is 0.256. The topological polar surface area (TPSA) is 48.9 Å². The van der Waals surface area contributed by atoms with Gasteiger partial charge in [-0.3, -0.25) is 9.89 Å². The summed E-state index contributed by atoms with van der Waals surface area (Å²) in [5, 5.41) is 3.44. The van der Waals surface area contributed by atoms with Gasteiger partial charge < -0.3 is 19.2 Å². The van der Waals surface area contributed by atoms with Gasteiger partial charge in [0.15, 0.2) is 5.96 Å². The Labute approximate surface area is 175 Å². The van der Waals surface area contributed by atoms with Crippen molar-refractivity contribution in [1.29, 1.82) is 0 Å². The van der Waals surface area contributed by atoms with E-state index in [0.717, 1.165) is 22.7 Å². The third-order valence-electron chi connectivity index (χ3n) is 4.00. The summed E-state index contributed by atoms with van der Waals surface area (Å²) in [6.07, 6.45) is 3.76. The molecule has 1 N–H and O–H groups in total. The van der Waals surface area contributed by atoms with Crippen LogP contribution in [-0.4, -0.2) is 55.1 Å². The van der Waals surface area contributed by atoms with Crippen LogP contribution in [0.1, 0.15) is 17.5 Å². The van der Waals surface area contributed by atoms with Crippen LogP contribution in [0.4, 0.5) is 0 Å². The molecular weight excluding hydrogens is 497 g/mol. The second-order valence-electron chi connectivity index (χ2n) is 6.04. The third-order valence-corrected chi connectivity index (χ3v) is 4.43. The van der Waals surface area contributed by atoms with Crippen LogP contribution in [0.15, 0.2) is 44.5 Å². The predicted molar refractivity (Wildman–Crippen MR) is 116 cm³/mol. The summed E-state index contributed by atoms with van der Waals surface area (Å²) in [4.78, 5) is 8.63. The van der Waals surface area contributed by atoms with Crippen LogP contribution in [-0.2, 0) is 13.6 Å². The Morgan fingerprint density at radius 2 is 2.12 bits per heavy atom. The number of furan rings is 1. The van der Waals surface area contributed by atoms with Crippen molar-refractivity contribution in [2.45, 2.75) is 12.6 Å². The summed E-state index contributed by atoms with van der Waals surface area (Å²) < 4.78 is 8.75. The highest BCUT2D eigenvalue weighted by Crippen LogP contribution is 2.18. The van der Waals surface area contributed by atoms with Gasteiger partial charge in [-0.2, -0.15) is 0 Å². The first-order chi connectivity index (χ1) is 11.4. The van der Waals surface area contributed by atoms with Gasteiger partial charge in [0.2, 0.25) is 0 Å². The summed E-state index contributed by atoms with van der Waals surface area (Å²) in [6.45, 7) is 1.49. The van der Waals surface area contributed by atoms with Crippen molar-refractivity contribution in [3.8, 4) is 0 Å². The van der Waals surface area contributed by atoms with Gasteiger partial charge in [0.1, 0.15) is 5.76 Å². The Balaban J connectivity index is 0.00000312. The zero-order chi connectivity index (χ0) is 17.7. The number of nitrogens with one attached hydrogen (secondary N) is 1. The average molecular weight is 524 g/mol. The standard InChI is InChI=1S/C17H26BrN5O.HI/c1-19-17(23(5)12-14-9-13(18)11-22(14)4)20-10-15(21(2)3)16-7-6-8-24-16;/h6-9,11,15H,10,12H2,1-5H3,(H,19,20);1H. The SMILES string of the molecule is CN=C(NCC(c1ccco1)N(C)C)N(C)Cc1cc(Br)cn1C.I. The van der Waals surface area contributed by atoms with E-state index in [1.165, 1.54) is 5.69 Å². The monoisotopic (exact) mass is 523 g/mol. The normalized spacial score (nSPS) is 12.8. The minimum absolute atomic E-state index is 0. The molecule has 0 saturated heterocycles. The lowest BCUT2D eigenvalue weighted by Gasteiger charge is -2.27. The molecule has 2 rings (SSSR count). The number of aromatic nitrogens is 1. The minimum atomic E-state index is 0. The number of hydrogen-bond donors (Lipinski definition) is 1. The molecular formula is C17H27BrIN5O. The van der Waals surface area contributed by atoms with Crippen molar-refractivity contribution in [2.75, 3.05) is 34.7 Å². The van der Waals surface area contributed by atoms with E-state index in [9.17, 15) is 0 Å². The molecule has 2 aromatic heterocycles. The van der Waals surface area contributed by atoms with Crippen molar-refractivity contribution in [3.63, 3.8) is 0 Å². The highest BCUT2D eigenvalue weighted by molar-refractivity contribution is 14.0. The summed E-state index contributed by atoms with van der Waals surface area (Å²) in [6, 6.07) is 6.18. The first-order valence-corrected chi connectivity index (χ1v) is 8.64. The van der Waals surface area contributed by atoms with Gasteiger partial charge in [-0.25, -0.2) is 0 Å². The number of aryl methyl sites for hydroxylation is 1. The molecule has 0 aliphatic rings. The first-order valence-electron chi connectivity index (χ1n) is 7.84. The Kier molecular flexibility index (Phi) is 9.01. The van der Waals surface area contributed by atoms with Crippen molar-refractivity contribution in [1.82, 2.24) is 19.7 Å². The van der Waals surface area contributed by atoms with Crippen molar-refractivity contribution < 1.29 is 4.42 Å². The van der Waals surface area contributed by atoms with Gasteiger partial charge in [0.05, 0.1) is 18.8 Å². The summed E-state index contributed by atoms with van der Waals surface area (Å²) in [7, 11) is 9.97. The van der Waals surface area contributed by atoms with Crippen LogP contribution in [0.5, 0.6) is 0 Å². The molecule has 8 heteroatoms. The molecule has 1 unspecified atom stereocenters. The minimum Gasteiger partial charge on any atom is -0.468 e. The Morgan fingerprint density at radius 1 is 1.40 bits per heavy atom. The molecule has 2 aromatic rings. The van der Waals surface area contributed by atoms with Crippen LogP contribution in [0.3, 0.4) is 0 Å². The second-order valence-corrected chi connectivity index (χ2v) is 6.96. The van der Waals surface area contributed by atoms with Crippen LogP contribution in [0.2, 0.25) is 0 Å².